The number of nitrogens with zero attached hydrogens (tertiary/aromatic N) is 2. The molecule has 3 heterocycles. The van der Waals surface area contributed by atoms with Gasteiger partial charge in [0.05, 0.1) is 31.6 Å². The van der Waals surface area contributed by atoms with Crippen molar-refractivity contribution >= 4 is 11.8 Å². The van der Waals surface area contributed by atoms with Crippen molar-refractivity contribution in [3.05, 3.63) is 17.8 Å². The smallest absolute Gasteiger partial charge is 0.323 e. The summed E-state index contributed by atoms with van der Waals surface area (Å²) < 4.78 is 16.9. The Labute approximate surface area is 142 Å². The number of rotatable bonds is 4. The molecule has 0 radical (unpaired) electrons. The first kappa shape index (κ1) is 17.0. The average molecular weight is 335 g/mol. The number of amides is 2. The number of pyridine rings is 1. The van der Waals surface area contributed by atoms with E-state index in [1.807, 2.05) is 19.9 Å². The van der Waals surface area contributed by atoms with Gasteiger partial charge in [-0.05, 0) is 38.8 Å². The molecule has 2 fully saturated rings. The molecule has 0 spiro atoms. The molecule has 7 nitrogen and oxygen atoms in total. The normalized spacial score (nSPS) is 24.0. The van der Waals surface area contributed by atoms with Gasteiger partial charge in [0, 0.05) is 13.2 Å². The Morgan fingerprint density at radius 2 is 2.21 bits per heavy atom. The van der Waals surface area contributed by atoms with E-state index in [1.54, 1.807) is 11.0 Å². The van der Waals surface area contributed by atoms with Crippen molar-refractivity contribution in [1.29, 1.82) is 0 Å². The van der Waals surface area contributed by atoms with E-state index < -0.39 is 0 Å². The number of carbonyl (C=O) groups excluding carboxylic acids is 1. The summed E-state index contributed by atoms with van der Waals surface area (Å²) in [6, 6.07) is 3.43. The minimum atomic E-state index is -0.155. The summed E-state index contributed by atoms with van der Waals surface area (Å²) in [7, 11) is 0. The maximum absolute atomic E-state index is 12.5. The molecule has 24 heavy (non-hydrogen) atoms. The van der Waals surface area contributed by atoms with Gasteiger partial charge in [0.2, 0.25) is 0 Å². The van der Waals surface area contributed by atoms with Gasteiger partial charge in [-0.25, -0.2) is 9.78 Å². The van der Waals surface area contributed by atoms with Crippen molar-refractivity contribution in [3.8, 4) is 5.75 Å². The third-order valence-corrected chi connectivity index (χ3v) is 4.33. The average Bonchev–Trinajstić information content (AvgIpc) is 3.12. The molecule has 0 aliphatic carbocycles. The second-order valence-corrected chi connectivity index (χ2v) is 6.05. The summed E-state index contributed by atoms with van der Waals surface area (Å²) in [5, 5.41) is 2.86. The summed E-state index contributed by atoms with van der Waals surface area (Å²) in [6.45, 7) is 6.82. The Morgan fingerprint density at radius 3 is 2.92 bits per heavy atom. The summed E-state index contributed by atoms with van der Waals surface area (Å²) >= 11 is 0. The standard InChI is InChI=1S/C17H25N3O4/c1-3-22-13-6-7-16(18-12(13)2)19-17(21)20-8-10-24-15(11-20)14-5-4-9-23-14/h6-7,14-15H,3-5,8-11H2,1-2H3,(H,18,19,21). The second kappa shape index (κ2) is 7.81. The van der Waals surface area contributed by atoms with E-state index in [9.17, 15) is 4.79 Å². The Hall–Kier alpha value is -1.86. The fraction of sp³-hybridized carbons (Fsp3) is 0.647. The minimum Gasteiger partial charge on any atom is -0.492 e. The molecule has 2 unspecified atom stereocenters. The molecule has 0 bridgehead atoms. The van der Waals surface area contributed by atoms with E-state index in [0.717, 1.165) is 30.9 Å². The van der Waals surface area contributed by atoms with Crippen LogP contribution in [0.1, 0.15) is 25.5 Å². The lowest BCUT2D eigenvalue weighted by molar-refractivity contribution is -0.0839. The number of nitrogens with one attached hydrogen (secondary N) is 1. The number of carbonyl (C=O) groups is 1. The first-order chi connectivity index (χ1) is 11.7. The van der Waals surface area contributed by atoms with Gasteiger partial charge in [0.15, 0.2) is 0 Å². The van der Waals surface area contributed by atoms with Gasteiger partial charge in [0.25, 0.3) is 0 Å². The number of aromatic nitrogens is 1. The number of anilines is 1. The van der Waals surface area contributed by atoms with Crippen molar-refractivity contribution in [2.75, 3.05) is 38.2 Å². The lowest BCUT2D eigenvalue weighted by atomic mass is 10.1. The third kappa shape index (κ3) is 3.96. The highest BCUT2D eigenvalue weighted by Gasteiger charge is 2.32. The van der Waals surface area contributed by atoms with Crippen LogP contribution in [0.4, 0.5) is 10.6 Å². The quantitative estimate of drug-likeness (QED) is 0.913. The summed E-state index contributed by atoms with van der Waals surface area (Å²) in [5.41, 5.74) is 0.758. The van der Waals surface area contributed by atoms with Crippen LogP contribution < -0.4 is 10.1 Å². The highest BCUT2D eigenvalue weighted by atomic mass is 16.5. The van der Waals surface area contributed by atoms with E-state index in [4.69, 9.17) is 14.2 Å². The number of hydrogen-bond donors (Lipinski definition) is 1. The van der Waals surface area contributed by atoms with Crippen LogP contribution in [-0.2, 0) is 9.47 Å². The molecule has 0 aromatic carbocycles. The SMILES string of the molecule is CCOc1ccc(NC(=O)N2CCOC(C3CCCO3)C2)nc1C. The molecule has 2 amide bonds. The Bertz CT molecular complexity index is 575. The molecule has 1 aromatic heterocycles. The molecule has 2 saturated heterocycles. The number of aryl methyl sites for hydroxylation is 1. The number of hydrogen-bond acceptors (Lipinski definition) is 5. The summed E-state index contributed by atoms with van der Waals surface area (Å²) in [5.74, 6) is 1.27. The van der Waals surface area contributed by atoms with E-state index >= 15 is 0 Å². The fourth-order valence-electron chi connectivity index (χ4n) is 3.10. The molecule has 1 N–H and O–H groups in total. The number of urea groups is 1. The first-order valence-electron chi connectivity index (χ1n) is 8.57. The third-order valence-electron chi connectivity index (χ3n) is 4.33. The van der Waals surface area contributed by atoms with Crippen LogP contribution in [-0.4, -0.2) is 61.0 Å². The number of morpholine rings is 1. The highest BCUT2D eigenvalue weighted by Crippen LogP contribution is 2.22. The van der Waals surface area contributed by atoms with Crippen molar-refractivity contribution in [1.82, 2.24) is 9.88 Å². The molecule has 1 aromatic rings. The topological polar surface area (TPSA) is 72.9 Å². The van der Waals surface area contributed by atoms with Crippen LogP contribution in [0.2, 0.25) is 0 Å². The predicted octanol–water partition coefficient (Wildman–Crippen LogP) is 2.20. The van der Waals surface area contributed by atoms with Crippen LogP contribution in [0, 0.1) is 6.92 Å². The van der Waals surface area contributed by atoms with Gasteiger partial charge in [-0.3, -0.25) is 5.32 Å². The molecular formula is C17H25N3O4. The zero-order chi connectivity index (χ0) is 16.9. The Kier molecular flexibility index (Phi) is 5.52. The monoisotopic (exact) mass is 335 g/mol. The molecule has 3 rings (SSSR count). The van der Waals surface area contributed by atoms with E-state index in [0.29, 0.717) is 32.1 Å². The van der Waals surface area contributed by atoms with Crippen molar-refractivity contribution in [2.24, 2.45) is 0 Å². The summed E-state index contributed by atoms with van der Waals surface area (Å²) in [6.07, 6.45) is 2.12. The fourth-order valence-corrected chi connectivity index (χ4v) is 3.10. The molecule has 7 heteroatoms. The molecule has 2 aliphatic rings. The first-order valence-corrected chi connectivity index (χ1v) is 8.57. The zero-order valence-corrected chi connectivity index (χ0v) is 14.3. The molecule has 2 aliphatic heterocycles. The van der Waals surface area contributed by atoms with Crippen molar-refractivity contribution < 1.29 is 19.0 Å². The Balaban J connectivity index is 1.58. The number of ether oxygens (including phenoxy) is 3. The van der Waals surface area contributed by atoms with Gasteiger partial charge in [-0.2, -0.15) is 0 Å². The maximum Gasteiger partial charge on any atom is 0.323 e. The molecule has 0 saturated carbocycles. The van der Waals surface area contributed by atoms with E-state index in [-0.39, 0.29) is 18.2 Å². The molecule has 132 valence electrons. The second-order valence-electron chi connectivity index (χ2n) is 6.05. The zero-order valence-electron chi connectivity index (χ0n) is 14.3. The largest absolute Gasteiger partial charge is 0.492 e. The van der Waals surface area contributed by atoms with Crippen LogP contribution in [0.25, 0.3) is 0 Å². The summed E-state index contributed by atoms with van der Waals surface area (Å²) in [4.78, 5) is 18.6. The van der Waals surface area contributed by atoms with Crippen LogP contribution in [0.5, 0.6) is 5.75 Å². The predicted molar refractivity (Wildman–Crippen MR) is 89.4 cm³/mol. The maximum atomic E-state index is 12.5. The van der Waals surface area contributed by atoms with E-state index in [2.05, 4.69) is 10.3 Å². The van der Waals surface area contributed by atoms with Crippen LogP contribution in [0.15, 0.2) is 12.1 Å². The van der Waals surface area contributed by atoms with E-state index in [1.165, 1.54) is 0 Å². The van der Waals surface area contributed by atoms with Gasteiger partial charge < -0.3 is 19.1 Å². The van der Waals surface area contributed by atoms with Gasteiger partial charge in [-0.1, -0.05) is 0 Å². The Morgan fingerprint density at radius 1 is 1.38 bits per heavy atom. The lowest BCUT2D eigenvalue weighted by Crippen LogP contribution is -2.51. The van der Waals surface area contributed by atoms with Crippen molar-refractivity contribution in [3.63, 3.8) is 0 Å². The highest BCUT2D eigenvalue weighted by molar-refractivity contribution is 5.88. The van der Waals surface area contributed by atoms with Gasteiger partial charge in [-0.15, -0.1) is 0 Å². The van der Waals surface area contributed by atoms with Gasteiger partial charge >= 0.3 is 6.03 Å². The van der Waals surface area contributed by atoms with Gasteiger partial charge in [0.1, 0.15) is 17.7 Å². The van der Waals surface area contributed by atoms with Crippen molar-refractivity contribution in [2.45, 2.75) is 38.9 Å². The minimum absolute atomic E-state index is 0.0398. The molecule has 2 atom stereocenters. The lowest BCUT2D eigenvalue weighted by Gasteiger charge is -2.35. The molecular weight excluding hydrogens is 310 g/mol. The van der Waals surface area contributed by atoms with Crippen LogP contribution >= 0.6 is 0 Å². The van der Waals surface area contributed by atoms with Crippen LogP contribution in [0.3, 0.4) is 0 Å².